The predicted octanol–water partition coefficient (Wildman–Crippen LogP) is 5.54. The van der Waals surface area contributed by atoms with Gasteiger partial charge in [0.1, 0.15) is 11.8 Å². The fourth-order valence-corrected chi connectivity index (χ4v) is 4.87. The second kappa shape index (κ2) is 9.27. The summed E-state index contributed by atoms with van der Waals surface area (Å²) in [5, 5.41) is 4.20. The lowest BCUT2D eigenvalue weighted by Crippen LogP contribution is -2.30. The second-order valence-electron chi connectivity index (χ2n) is 8.60. The highest BCUT2D eigenvalue weighted by Crippen LogP contribution is 2.43. The standard InChI is InChI=1S/C27H27N5OS/c1-18(2)33-22-12-10-20(11-13-22)32-26(25(30-27(32)34)23-8-4-5-16-29-23)24-14-9-19(3)31(24)21-7-6-15-28-17-21/h4-18,25-26H,1-3H3,(H,30,34)/t25-,26-/m0/s1. The Morgan fingerprint density at radius 2 is 1.76 bits per heavy atom. The van der Waals surface area contributed by atoms with Gasteiger partial charge in [0.05, 0.1) is 29.7 Å². The molecule has 0 unspecified atom stereocenters. The van der Waals surface area contributed by atoms with Crippen molar-refractivity contribution in [3.63, 3.8) is 0 Å². The predicted molar refractivity (Wildman–Crippen MR) is 138 cm³/mol. The molecule has 6 nitrogen and oxygen atoms in total. The van der Waals surface area contributed by atoms with E-state index in [0.717, 1.165) is 34.2 Å². The van der Waals surface area contributed by atoms with Crippen LogP contribution >= 0.6 is 12.2 Å². The Labute approximate surface area is 205 Å². The Balaban J connectivity index is 1.63. The number of aryl methyl sites for hydroxylation is 1. The molecule has 7 heteroatoms. The molecule has 0 saturated carbocycles. The van der Waals surface area contributed by atoms with Crippen molar-refractivity contribution in [1.29, 1.82) is 0 Å². The molecular formula is C27H27N5OS. The Morgan fingerprint density at radius 3 is 2.44 bits per heavy atom. The molecule has 0 amide bonds. The number of ether oxygens (including phenoxy) is 1. The zero-order valence-corrected chi connectivity index (χ0v) is 20.2. The van der Waals surface area contributed by atoms with E-state index in [1.807, 2.05) is 62.6 Å². The zero-order valence-electron chi connectivity index (χ0n) is 19.4. The van der Waals surface area contributed by atoms with Gasteiger partial charge in [-0.25, -0.2) is 0 Å². The van der Waals surface area contributed by atoms with Crippen LogP contribution in [0.15, 0.2) is 85.3 Å². The third-order valence-corrected chi connectivity index (χ3v) is 6.21. The molecule has 0 spiro atoms. The van der Waals surface area contributed by atoms with Crippen molar-refractivity contribution in [2.24, 2.45) is 0 Å². The Morgan fingerprint density at radius 1 is 0.941 bits per heavy atom. The largest absolute Gasteiger partial charge is 0.491 e. The van der Waals surface area contributed by atoms with Gasteiger partial charge in [0.25, 0.3) is 0 Å². The maximum atomic E-state index is 5.88. The number of nitrogens with zero attached hydrogens (tertiary/aromatic N) is 4. The number of pyridine rings is 2. The van der Waals surface area contributed by atoms with Crippen LogP contribution in [-0.2, 0) is 0 Å². The highest BCUT2D eigenvalue weighted by Gasteiger charge is 2.42. The molecule has 1 aliphatic rings. The Bertz CT molecular complexity index is 1270. The van der Waals surface area contributed by atoms with Gasteiger partial charge in [-0.15, -0.1) is 0 Å². The van der Waals surface area contributed by atoms with E-state index in [0.29, 0.717) is 5.11 Å². The molecular weight excluding hydrogens is 442 g/mol. The molecule has 1 saturated heterocycles. The number of hydrogen-bond donors (Lipinski definition) is 1. The van der Waals surface area contributed by atoms with Crippen molar-refractivity contribution < 1.29 is 4.74 Å². The summed E-state index contributed by atoms with van der Waals surface area (Å²) in [5.74, 6) is 0.837. The van der Waals surface area contributed by atoms with Crippen molar-refractivity contribution in [3.8, 4) is 11.4 Å². The molecule has 1 fully saturated rings. The van der Waals surface area contributed by atoms with E-state index < -0.39 is 0 Å². The summed E-state index contributed by atoms with van der Waals surface area (Å²) in [6.07, 6.45) is 5.61. The average molecular weight is 470 g/mol. The van der Waals surface area contributed by atoms with Gasteiger partial charge in [0, 0.05) is 29.5 Å². The molecule has 172 valence electrons. The third kappa shape index (κ3) is 4.15. The molecule has 5 rings (SSSR count). The Hall–Kier alpha value is -3.71. The first-order chi connectivity index (χ1) is 16.5. The van der Waals surface area contributed by atoms with Gasteiger partial charge in [-0.3, -0.25) is 9.97 Å². The molecule has 0 bridgehead atoms. The third-order valence-electron chi connectivity index (χ3n) is 5.90. The number of hydrogen-bond acceptors (Lipinski definition) is 4. The lowest BCUT2D eigenvalue weighted by Gasteiger charge is -2.29. The number of thiocarbonyl (C=S) groups is 1. The maximum absolute atomic E-state index is 5.88. The number of rotatable bonds is 6. The van der Waals surface area contributed by atoms with E-state index in [1.54, 1.807) is 6.20 Å². The molecule has 1 N–H and O–H groups in total. The van der Waals surface area contributed by atoms with Crippen molar-refractivity contribution in [3.05, 3.63) is 102 Å². The van der Waals surface area contributed by atoms with Crippen LogP contribution in [-0.4, -0.2) is 25.8 Å². The summed E-state index contributed by atoms with van der Waals surface area (Å²) in [7, 11) is 0. The Kier molecular flexibility index (Phi) is 6.02. The van der Waals surface area contributed by atoms with Crippen LogP contribution in [0.2, 0.25) is 0 Å². The smallest absolute Gasteiger partial charge is 0.174 e. The van der Waals surface area contributed by atoms with Gasteiger partial charge in [-0.1, -0.05) is 6.07 Å². The van der Waals surface area contributed by atoms with Crippen LogP contribution < -0.4 is 15.0 Å². The molecule has 0 radical (unpaired) electrons. The van der Waals surface area contributed by atoms with E-state index in [4.69, 9.17) is 17.0 Å². The molecule has 4 heterocycles. The van der Waals surface area contributed by atoms with E-state index >= 15 is 0 Å². The van der Waals surface area contributed by atoms with Crippen molar-refractivity contribution in [2.45, 2.75) is 39.0 Å². The van der Waals surface area contributed by atoms with Crippen LogP contribution in [0.5, 0.6) is 5.75 Å². The molecule has 34 heavy (non-hydrogen) atoms. The first kappa shape index (κ1) is 22.1. The summed E-state index contributed by atoms with van der Waals surface area (Å²) in [6, 6.07) is 22.2. The van der Waals surface area contributed by atoms with E-state index in [9.17, 15) is 0 Å². The number of anilines is 1. The lowest BCUT2D eigenvalue weighted by atomic mass is 10.0. The lowest BCUT2D eigenvalue weighted by molar-refractivity contribution is 0.242. The van der Waals surface area contributed by atoms with Gasteiger partial charge in [-0.05, 0) is 93.7 Å². The average Bonchev–Trinajstić information content (AvgIpc) is 3.39. The SMILES string of the molecule is Cc1ccc([C@H]2[C@H](c3ccccn3)NC(=S)N2c2ccc(OC(C)C)cc2)n1-c1cccnc1. The normalized spacial score (nSPS) is 17.8. The van der Waals surface area contributed by atoms with Gasteiger partial charge >= 0.3 is 0 Å². The molecule has 1 aromatic carbocycles. The van der Waals surface area contributed by atoms with E-state index in [1.165, 1.54) is 0 Å². The number of aromatic nitrogens is 3. The van der Waals surface area contributed by atoms with Crippen molar-refractivity contribution in [2.75, 3.05) is 4.90 Å². The van der Waals surface area contributed by atoms with Crippen LogP contribution in [0, 0.1) is 6.92 Å². The molecule has 2 atom stereocenters. The molecule has 1 aliphatic heterocycles. The summed E-state index contributed by atoms with van der Waals surface area (Å²) in [6.45, 7) is 6.15. The van der Waals surface area contributed by atoms with Crippen LogP contribution in [0.25, 0.3) is 5.69 Å². The minimum Gasteiger partial charge on any atom is -0.491 e. The van der Waals surface area contributed by atoms with Gasteiger partial charge in [-0.2, -0.15) is 0 Å². The summed E-state index contributed by atoms with van der Waals surface area (Å²) >= 11 is 5.88. The summed E-state index contributed by atoms with van der Waals surface area (Å²) < 4.78 is 8.10. The van der Waals surface area contributed by atoms with Gasteiger partial charge in [0.15, 0.2) is 5.11 Å². The van der Waals surface area contributed by atoms with Gasteiger partial charge < -0.3 is 19.5 Å². The molecule has 4 aromatic rings. The highest BCUT2D eigenvalue weighted by atomic mass is 32.1. The summed E-state index contributed by atoms with van der Waals surface area (Å²) in [5.41, 5.74) is 5.18. The summed E-state index contributed by atoms with van der Waals surface area (Å²) in [4.78, 5) is 11.2. The van der Waals surface area contributed by atoms with Crippen molar-refractivity contribution >= 4 is 23.0 Å². The monoisotopic (exact) mass is 469 g/mol. The number of benzene rings is 1. The number of nitrogens with one attached hydrogen (secondary N) is 1. The first-order valence-electron chi connectivity index (χ1n) is 11.4. The van der Waals surface area contributed by atoms with E-state index in [2.05, 4.69) is 62.0 Å². The van der Waals surface area contributed by atoms with Crippen molar-refractivity contribution in [1.82, 2.24) is 19.9 Å². The van der Waals surface area contributed by atoms with Crippen LogP contribution in [0.3, 0.4) is 0 Å². The minimum absolute atomic E-state index is 0.117. The second-order valence-corrected chi connectivity index (χ2v) is 8.99. The van der Waals surface area contributed by atoms with Crippen LogP contribution in [0.4, 0.5) is 5.69 Å². The highest BCUT2D eigenvalue weighted by molar-refractivity contribution is 7.80. The molecule has 0 aliphatic carbocycles. The van der Waals surface area contributed by atoms with E-state index in [-0.39, 0.29) is 18.2 Å². The first-order valence-corrected chi connectivity index (χ1v) is 11.8. The fourth-order valence-electron chi connectivity index (χ4n) is 4.52. The fraction of sp³-hybridized carbons (Fsp3) is 0.222. The topological polar surface area (TPSA) is 55.2 Å². The molecule has 3 aromatic heterocycles. The van der Waals surface area contributed by atoms with Crippen LogP contribution in [0.1, 0.15) is 43.0 Å². The minimum atomic E-state index is -0.120. The maximum Gasteiger partial charge on any atom is 0.174 e. The zero-order chi connectivity index (χ0) is 23.7. The van der Waals surface area contributed by atoms with Gasteiger partial charge in [0.2, 0.25) is 0 Å². The quantitative estimate of drug-likeness (QED) is 0.374.